The normalized spacial score (nSPS) is 18.7. The number of benzene rings is 1. The standard InChI is InChI=1S/C18H27BrO/c1-20-13-12-15-8-10-17(11-9-15)18(19)14-16-6-4-2-3-5-7-16/h8-11,16,18H,2-7,12-14H2,1H3. The van der Waals surface area contributed by atoms with Crippen molar-refractivity contribution >= 4 is 15.9 Å². The molecule has 0 heterocycles. The van der Waals surface area contributed by atoms with E-state index in [4.69, 9.17) is 4.74 Å². The van der Waals surface area contributed by atoms with Gasteiger partial charge >= 0.3 is 0 Å². The first-order chi connectivity index (χ1) is 9.79. The predicted molar refractivity (Wildman–Crippen MR) is 89.5 cm³/mol. The van der Waals surface area contributed by atoms with Crippen LogP contribution in [-0.4, -0.2) is 13.7 Å². The molecule has 1 aromatic carbocycles. The van der Waals surface area contributed by atoms with E-state index in [1.807, 2.05) is 0 Å². The van der Waals surface area contributed by atoms with Gasteiger partial charge in [-0.15, -0.1) is 0 Å². The minimum Gasteiger partial charge on any atom is -0.384 e. The summed E-state index contributed by atoms with van der Waals surface area (Å²) in [5.41, 5.74) is 2.79. The SMILES string of the molecule is COCCc1ccc(C(Br)CC2CCCCCC2)cc1. The van der Waals surface area contributed by atoms with E-state index in [-0.39, 0.29) is 0 Å². The molecule has 1 atom stereocenters. The monoisotopic (exact) mass is 338 g/mol. The molecule has 0 N–H and O–H groups in total. The smallest absolute Gasteiger partial charge is 0.0502 e. The summed E-state index contributed by atoms with van der Waals surface area (Å²) in [7, 11) is 1.76. The summed E-state index contributed by atoms with van der Waals surface area (Å²) in [6.45, 7) is 0.805. The molecular weight excluding hydrogens is 312 g/mol. The van der Waals surface area contributed by atoms with Crippen molar-refractivity contribution < 1.29 is 4.74 Å². The Morgan fingerprint density at radius 2 is 1.75 bits per heavy atom. The lowest BCUT2D eigenvalue weighted by atomic mass is 9.92. The topological polar surface area (TPSA) is 9.23 Å². The maximum Gasteiger partial charge on any atom is 0.0502 e. The van der Waals surface area contributed by atoms with E-state index in [2.05, 4.69) is 40.2 Å². The highest BCUT2D eigenvalue weighted by Gasteiger charge is 2.17. The van der Waals surface area contributed by atoms with Crippen molar-refractivity contribution in [2.45, 2.75) is 56.2 Å². The van der Waals surface area contributed by atoms with Gasteiger partial charge in [-0.05, 0) is 29.9 Å². The highest BCUT2D eigenvalue weighted by atomic mass is 79.9. The molecule has 1 fully saturated rings. The lowest BCUT2D eigenvalue weighted by Crippen LogP contribution is -2.03. The molecule has 1 aromatic rings. The molecule has 0 bridgehead atoms. The molecule has 0 amide bonds. The maximum atomic E-state index is 5.13. The average molecular weight is 339 g/mol. The van der Waals surface area contributed by atoms with Crippen molar-refractivity contribution in [2.24, 2.45) is 5.92 Å². The number of methoxy groups -OCH3 is 1. The van der Waals surface area contributed by atoms with Crippen LogP contribution in [0.3, 0.4) is 0 Å². The van der Waals surface area contributed by atoms with Crippen LogP contribution in [0.15, 0.2) is 24.3 Å². The second kappa shape index (κ2) is 8.84. The molecular formula is C18H27BrO. The van der Waals surface area contributed by atoms with Crippen LogP contribution < -0.4 is 0 Å². The predicted octanol–water partition coefficient (Wildman–Crippen LogP) is 5.67. The molecule has 0 spiro atoms. The molecule has 2 heteroatoms. The molecule has 0 aliphatic heterocycles. The molecule has 20 heavy (non-hydrogen) atoms. The van der Waals surface area contributed by atoms with Crippen LogP contribution in [0.25, 0.3) is 0 Å². The van der Waals surface area contributed by atoms with Crippen molar-refractivity contribution in [1.29, 1.82) is 0 Å². The van der Waals surface area contributed by atoms with Crippen molar-refractivity contribution in [3.05, 3.63) is 35.4 Å². The zero-order chi connectivity index (χ0) is 14.2. The fraction of sp³-hybridized carbons (Fsp3) is 0.667. The first-order valence-corrected chi connectivity index (χ1v) is 8.93. The first kappa shape index (κ1) is 16.0. The lowest BCUT2D eigenvalue weighted by Gasteiger charge is -2.18. The number of hydrogen-bond acceptors (Lipinski definition) is 1. The minimum absolute atomic E-state index is 0.516. The molecule has 0 aromatic heterocycles. The fourth-order valence-corrected chi connectivity index (χ4v) is 3.98. The highest BCUT2D eigenvalue weighted by Crippen LogP contribution is 2.35. The Morgan fingerprint density at radius 3 is 2.35 bits per heavy atom. The number of rotatable bonds is 6. The largest absolute Gasteiger partial charge is 0.384 e. The third-order valence-corrected chi connectivity index (χ3v) is 5.35. The Morgan fingerprint density at radius 1 is 1.10 bits per heavy atom. The van der Waals surface area contributed by atoms with Gasteiger partial charge in [-0.1, -0.05) is 78.7 Å². The maximum absolute atomic E-state index is 5.13. The number of ether oxygens (including phenoxy) is 1. The quantitative estimate of drug-likeness (QED) is 0.479. The second-order valence-corrected chi connectivity index (χ2v) is 7.15. The van der Waals surface area contributed by atoms with Gasteiger partial charge in [0, 0.05) is 11.9 Å². The molecule has 0 radical (unpaired) electrons. The summed E-state index contributed by atoms with van der Waals surface area (Å²) in [6.07, 6.45) is 10.9. The van der Waals surface area contributed by atoms with Gasteiger partial charge in [-0.3, -0.25) is 0 Å². The molecule has 2 rings (SSSR count). The Bertz CT molecular complexity index is 366. The summed E-state index contributed by atoms with van der Waals surface area (Å²) in [5, 5.41) is 0. The summed E-state index contributed by atoms with van der Waals surface area (Å²) in [4.78, 5) is 0.516. The van der Waals surface area contributed by atoms with Gasteiger partial charge in [0.15, 0.2) is 0 Å². The number of halogens is 1. The minimum atomic E-state index is 0.516. The second-order valence-electron chi connectivity index (χ2n) is 6.05. The molecule has 1 saturated carbocycles. The van der Waals surface area contributed by atoms with E-state index in [1.165, 1.54) is 56.1 Å². The van der Waals surface area contributed by atoms with Gasteiger partial charge in [0.05, 0.1) is 6.61 Å². The average Bonchev–Trinajstić information content (AvgIpc) is 2.74. The van der Waals surface area contributed by atoms with Crippen molar-refractivity contribution in [1.82, 2.24) is 0 Å². The summed E-state index contributed by atoms with van der Waals surface area (Å²) in [6, 6.07) is 9.05. The number of alkyl halides is 1. The first-order valence-electron chi connectivity index (χ1n) is 8.01. The Balaban J connectivity index is 1.86. The molecule has 1 aliphatic rings. The van der Waals surface area contributed by atoms with Gasteiger partial charge < -0.3 is 4.74 Å². The van der Waals surface area contributed by atoms with Crippen LogP contribution in [0.1, 0.15) is 60.9 Å². The van der Waals surface area contributed by atoms with E-state index in [0.717, 1.165) is 18.9 Å². The van der Waals surface area contributed by atoms with Crippen LogP contribution in [0.5, 0.6) is 0 Å². The van der Waals surface area contributed by atoms with Crippen LogP contribution in [-0.2, 0) is 11.2 Å². The summed E-state index contributed by atoms with van der Waals surface area (Å²) >= 11 is 3.90. The van der Waals surface area contributed by atoms with Crippen LogP contribution in [0.4, 0.5) is 0 Å². The van der Waals surface area contributed by atoms with Crippen molar-refractivity contribution in [2.75, 3.05) is 13.7 Å². The van der Waals surface area contributed by atoms with Gasteiger partial charge in [0.25, 0.3) is 0 Å². The molecule has 112 valence electrons. The van der Waals surface area contributed by atoms with Gasteiger partial charge in [0.2, 0.25) is 0 Å². The van der Waals surface area contributed by atoms with E-state index in [9.17, 15) is 0 Å². The molecule has 1 aliphatic carbocycles. The summed E-state index contributed by atoms with van der Waals surface area (Å²) < 4.78 is 5.13. The van der Waals surface area contributed by atoms with E-state index < -0.39 is 0 Å². The zero-order valence-electron chi connectivity index (χ0n) is 12.6. The van der Waals surface area contributed by atoms with Gasteiger partial charge in [-0.25, -0.2) is 0 Å². The third-order valence-electron chi connectivity index (χ3n) is 4.45. The summed E-state index contributed by atoms with van der Waals surface area (Å²) in [5.74, 6) is 0.912. The molecule has 1 unspecified atom stereocenters. The van der Waals surface area contributed by atoms with Crippen LogP contribution in [0, 0.1) is 5.92 Å². The van der Waals surface area contributed by atoms with E-state index in [0.29, 0.717) is 4.83 Å². The van der Waals surface area contributed by atoms with Crippen LogP contribution >= 0.6 is 15.9 Å². The Kier molecular flexibility index (Phi) is 7.09. The zero-order valence-corrected chi connectivity index (χ0v) is 14.2. The van der Waals surface area contributed by atoms with Crippen LogP contribution in [0.2, 0.25) is 0 Å². The van der Waals surface area contributed by atoms with E-state index >= 15 is 0 Å². The van der Waals surface area contributed by atoms with Crippen molar-refractivity contribution in [3.8, 4) is 0 Å². The number of hydrogen-bond donors (Lipinski definition) is 0. The lowest BCUT2D eigenvalue weighted by molar-refractivity contribution is 0.202. The molecule has 1 nitrogen and oxygen atoms in total. The molecule has 0 saturated heterocycles. The van der Waals surface area contributed by atoms with Gasteiger partial charge in [-0.2, -0.15) is 0 Å². The van der Waals surface area contributed by atoms with E-state index in [1.54, 1.807) is 7.11 Å². The van der Waals surface area contributed by atoms with Crippen molar-refractivity contribution in [3.63, 3.8) is 0 Å². The fourth-order valence-electron chi connectivity index (χ4n) is 3.14. The highest BCUT2D eigenvalue weighted by molar-refractivity contribution is 9.09. The van der Waals surface area contributed by atoms with Gasteiger partial charge in [0.1, 0.15) is 0 Å². The third kappa shape index (κ3) is 5.21. The Labute approximate surface area is 132 Å². The Hall–Kier alpha value is -0.340.